The maximum Gasteiger partial charge on any atom is 0.262 e. The third kappa shape index (κ3) is 3.53. The first kappa shape index (κ1) is 13.0. The minimum absolute atomic E-state index is 0.118. The molecule has 0 radical (unpaired) electrons. The Morgan fingerprint density at radius 2 is 1.75 bits per heavy atom. The van der Waals surface area contributed by atoms with Crippen LogP contribution in [0, 0.1) is 0 Å². The van der Waals surface area contributed by atoms with Crippen LogP contribution >= 0.6 is 11.6 Å². The van der Waals surface area contributed by atoms with Gasteiger partial charge in [0.25, 0.3) is 5.24 Å². The molecule has 0 unspecified atom stereocenters. The summed E-state index contributed by atoms with van der Waals surface area (Å²) >= 11 is 5.32. The molecule has 0 spiro atoms. The summed E-state index contributed by atoms with van der Waals surface area (Å²) in [5.41, 5.74) is 1.34. The van der Waals surface area contributed by atoms with E-state index < -0.39 is 11.3 Å². The van der Waals surface area contributed by atoms with E-state index in [0.29, 0.717) is 5.75 Å². The second-order valence-corrected chi connectivity index (χ2v) is 5.21. The number of hydrogen-bond acceptors (Lipinski definition) is 2. The summed E-state index contributed by atoms with van der Waals surface area (Å²) in [6.45, 7) is 8.07. The molecule has 16 heavy (non-hydrogen) atoms. The number of rotatable bonds is 3. The summed E-state index contributed by atoms with van der Waals surface area (Å²) in [5.74, 6) is 0.662. The van der Waals surface area contributed by atoms with Crippen molar-refractivity contribution in [2.75, 3.05) is 0 Å². The summed E-state index contributed by atoms with van der Waals surface area (Å²) in [4.78, 5) is 10.8. The summed E-state index contributed by atoms with van der Waals surface area (Å²) in [5, 5.41) is -0.486. The van der Waals surface area contributed by atoms with Gasteiger partial charge in [-0.3, -0.25) is 4.79 Å². The molecule has 0 aliphatic heterocycles. The van der Waals surface area contributed by atoms with Crippen LogP contribution in [0.5, 0.6) is 5.75 Å². The quantitative estimate of drug-likeness (QED) is 0.756. The van der Waals surface area contributed by atoms with Gasteiger partial charge in [0.1, 0.15) is 5.75 Å². The van der Waals surface area contributed by atoms with Crippen LogP contribution < -0.4 is 4.74 Å². The van der Waals surface area contributed by atoms with Gasteiger partial charge in [0.2, 0.25) is 0 Å². The average molecular weight is 241 g/mol. The van der Waals surface area contributed by atoms with Crippen LogP contribution in [0.15, 0.2) is 24.3 Å². The first-order chi connectivity index (χ1) is 7.30. The van der Waals surface area contributed by atoms with Crippen LogP contribution in [0.4, 0.5) is 0 Å². The van der Waals surface area contributed by atoms with E-state index >= 15 is 0 Å². The van der Waals surface area contributed by atoms with Crippen molar-refractivity contribution in [3.8, 4) is 5.75 Å². The van der Waals surface area contributed by atoms with E-state index in [4.69, 9.17) is 16.3 Å². The summed E-state index contributed by atoms with van der Waals surface area (Å²) in [6, 6.07) is 7.72. The zero-order valence-electron chi connectivity index (χ0n) is 10.1. The Labute approximate surface area is 102 Å². The molecule has 0 saturated carbocycles. The fourth-order valence-electron chi connectivity index (χ4n) is 1.28. The summed E-state index contributed by atoms with van der Waals surface area (Å²) in [7, 11) is 0. The van der Waals surface area contributed by atoms with Crippen molar-refractivity contribution in [2.24, 2.45) is 0 Å². The molecule has 1 rings (SSSR count). The molecule has 0 aliphatic rings. The normalized spacial score (nSPS) is 13.3. The monoisotopic (exact) mass is 240 g/mol. The average Bonchev–Trinajstić information content (AvgIpc) is 2.17. The SMILES string of the molecule is C[C@@H](Oc1ccc(C(C)(C)C)cc1)C(=O)Cl. The first-order valence-electron chi connectivity index (χ1n) is 5.27. The van der Waals surface area contributed by atoms with Gasteiger partial charge in [-0.1, -0.05) is 32.9 Å². The van der Waals surface area contributed by atoms with Crippen molar-refractivity contribution in [3.63, 3.8) is 0 Å². The number of ether oxygens (including phenoxy) is 1. The Hall–Kier alpha value is -1.02. The molecule has 0 N–H and O–H groups in total. The van der Waals surface area contributed by atoms with Crippen molar-refractivity contribution < 1.29 is 9.53 Å². The van der Waals surface area contributed by atoms with Gasteiger partial charge in [-0.25, -0.2) is 0 Å². The fraction of sp³-hybridized carbons (Fsp3) is 0.462. The molecule has 0 saturated heterocycles. The minimum atomic E-state index is -0.609. The molecule has 0 aromatic heterocycles. The minimum Gasteiger partial charge on any atom is -0.482 e. The maximum atomic E-state index is 10.8. The van der Waals surface area contributed by atoms with Gasteiger partial charge in [0.15, 0.2) is 6.10 Å². The molecular formula is C13H17ClO2. The molecule has 0 aliphatic carbocycles. The molecule has 0 bridgehead atoms. The van der Waals surface area contributed by atoms with E-state index in [9.17, 15) is 4.79 Å². The third-order valence-electron chi connectivity index (χ3n) is 2.35. The first-order valence-corrected chi connectivity index (χ1v) is 5.65. The van der Waals surface area contributed by atoms with E-state index in [1.54, 1.807) is 6.92 Å². The molecular weight excluding hydrogens is 224 g/mol. The highest BCUT2D eigenvalue weighted by atomic mass is 35.5. The maximum absolute atomic E-state index is 10.8. The van der Waals surface area contributed by atoms with Gasteiger partial charge in [-0.05, 0) is 41.6 Å². The molecule has 0 amide bonds. The van der Waals surface area contributed by atoms with Gasteiger partial charge in [-0.2, -0.15) is 0 Å². The van der Waals surface area contributed by atoms with E-state index in [1.807, 2.05) is 24.3 Å². The largest absolute Gasteiger partial charge is 0.482 e. The van der Waals surface area contributed by atoms with E-state index in [-0.39, 0.29) is 5.41 Å². The Kier molecular flexibility index (Phi) is 3.98. The number of benzene rings is 1. The number of carbonyl (C=O) groups excluding carboxylic acids is 1. The molecule has 0 fully saturated rings. The van der Waals surface area contributed by atoms with Crippen molar-refractivity contribution in [1.82, 2.24) is 0 Å². The second kappa shape index (κ2) is 4.88. The number of halogens is 1. The molecule has 1 aromatic rings. The smallest absolute Gasteiger partial charge is 0.262 e. The third-order valence-corrected chi connectivity index (χ3v) is 2.66. The van der Waals surface area contributed by atoms with E-state index in [0.717, 1.165) is 0 Å². The Morgan fingerprint density at radius 3 is 2.12 bits per heavy atom. The van der Waals surface area contributed by atoms with Gasteiger partial charge in [-0.15, -0.1) is 0 Å². The number of hydrogen-bond donors (Lipinski definition) is 0. The highest BCUT2D eigenvalue weighted by Gasteiger charge is 2.14. The molecule has 3 heteroatoms. The van der Waals surface area contributed by atoms with Crippen LogP contribution in [0.3, 0.4) is 0 Å². The highest BCUT2D eigenvalue weighted by Crippen LogP contribution is 2.24. The van der Waals surface area contributed by atoms with Crippen molar-refractivity contribution in [1.29, 1.82) is 0 Å². The highest BCUT2D eigenvalue weighted by molar-refractivity contribution is 6.64. The van der Waals surface area contributed by atoms with E-state index in [1.165, 1.54) is 5.56 Å². The summed E-state index contributed by atoms with van der Waals surface area (Å²) < 4.78 is 5.36. The topological polar surface area (TPSA) is 26.3 Å². The van der Waals surface area contributed by atoms with E-state index in [2.05, 4.69) is 20.8 Å². The zero-order valence-corrected chi connectivity index (χ0v) is 10.8. The predicted molar refractivity (Wildman–Crippen MR) is 66.1 cm³/mol. The molecule has 1 aromatic carbocycles. The van der Waals surface area contributed by atoms with Gasteiger partial charge in [0.05, 0.1) is 0 Å². The lowest BCUT2D eigenvalue weighted by Gasteiger charge is -2.19. The molecule has 1 atom stereocenters. The zero-order chi connectivity index (χ0) is 12.3. The molecule has 88 valence electrons. The predicted octanol–water partition coefficient (Wildman–Crippen LogP) is 3.52. The van der Waals surface area contributed by atoms with Crippen LogP contribution in [-0.2, 0) is 10.2 Å². The van der Waals surface area contributed by atoms with Gasteiger partial charge < -0.3 is 4.74 Å². The lowest BCUT2D eigenvalue weighted by molar-refractivity contribution is -0.117. The van der Waals surface area contributed by atoms with Crippen LogP contribution in [0.2, 0.25) is 0 Å². The van der Waals surface area contributed by atoms with Crippen LogP contribution in [-0.4, -0.2) is 11.3 Å². The van der Waals surface area contributed by atoms with Crippen molar-refractivity contribution in [2.45, 2.75) is 39.2 Å². The Morgan fingerprint density at radius 1 is 1.25 bits per heavy atom. The Bertz CT molecular complexity index is 363. The molecule has 2 nitrogen and oxygen atoms in total. The van der Waals surface area contributed by atoms with Gasteiger partial charge in [0, 0.05) is 0 Å². The Balaban J connectivity index is 2.76. The number of carbonyl (C=O) groups is 1. The van der Waals surface area contributed by atoms with Crippen molar-refractivity contribution in [3.05, 3.63) is 29.8 Å². The lowest BCUT2D eigenvalue weighted by Crippen LogP contribution is -2.19. The molecule has 0 heterocycles. The van der Waals surface area contributed by atoms with Crippen LogP contribution in [0.25, 0.3) is 0 Å². The second-order valence-electron chi connectivity index (χ2n) is 4.84. The fourth-order valence-corrected chi connectivity index (χ4v) is 1.33. The van der Waals surface area contributed by atoms with Gasteiger partial charge >= 0.3 is 0 Å². The van der Waals surface area contributed by atoms with Crippen molar-refractivity contribution >= 4 is 16.8 Å². The standard InChI is InChI=1S/C13H17ClO2/c1-9(12(14)15)16-11-7-5-10(6-8-11)13(2,3)4/h5-9H,1-4H3/t9-/m1/s1. The summed E-state index contributed by atoms with van der Waals surface area (Å²) in [6.07, 6.45) is -0.609. The lowest BCUT2D eigenvalue weighted by atomic mass is 9.87. The van der Waals surface area contributed by atoms with Crippen LogP contribution in [0.1, 0.15) is 33.3 Å².